The smallest absolute Gasteiger partial charge is 0.0768 e. The Morgan fingerprint density at radius 2 is 2.08 bits per heavy atom. The van der Waals surface area contributed by atoms with Crippen molar-refractivity contribution in [3.05, 3.63) is 0 Å². The normalized spacial score (nSPS) is 37.2. The van der Waals surface area contributed by atoms with Gasteiger partial charge in [-0.15, -0.1) is 0 Å². The number of hydrogen-bond acceptors (Lipinski definition) is 3. The molecule has 3 heteroatoms. The lowest BCUT2D eigenvalue weighted by atomic mass is 9.86. The lowest BCUT2D eigenvalue weighted by Gasteiger charge is -2.36. The van der Waals surface area contributed by atoms with Gasteiger partial charge in [-0.2, -0.15) is 0 Å². The molecule has 0 bridgehead atoms. The molecule has 0 unspecified atom stereocenters. The molecule has 3 atom stereocenters. The van der Waals surface area contributed by atoms with Gasteiger partial charge in [-0.05, 0) is 13.0 Å². The Morgan fingerprint density at radius 3 is 2.58 bits per heavy atom. The highest BCUT2D eigenvalue weighted by atomic mass is 16.5. The molecular weight excluding hydrogens is 154 g/mol. The average Bonchev–Trinajstić information content (AvgIpc) is 2.04. The topological polar surface area (TPSA) is 41.5 Å². The maximum absolute atomic E-state index is 9.86. The van der Waals surface area contributed by atoms with Crippen LogP contribution in [0.4, 0.5) is 0 Å². The van der Waals surface area contributed by atoms with Gasteiger partial charge in [0.05, 0.1) is 25.4 Å². The first-order valence-electron chi connectivity index (χ1n) is 4.60. The zero-order valence-corrected chi connectivity index (χ0v) is 8.08. The summed E-state index contributed by atoms with van der Waals surface area (Å²) >= 11 is 0. The summed E-state index contributed by atoms with van der Waals surface area (Å²) in [6.45, 7) is 5.56. The first-order valence-corrected chi connectivity index (χ1v) is 4.60. The lowest BCUT2D eigenvalue weighted by Crippen LogP contribution is -2.52. The Kier molecular flexibility index (Phi) is 3.50. The minimum atomic E-state index is -0.260. The number of likely N-dealkylation sites (N-methyl/N-ethyl adjacent to an activating group) is 1. The van der Waals surface area contributed by atoms with Crippen LogP contribution < -0.4 is 5.32 Å². The van der Waals surface area contributed by atoms with E-state index in [0.29, 0.717) is 19.1 Å². The monoisotopic (exact) mass is 173 g/mol. The maximum Gasteiger partial charge on any atom is 0.0768 e. The van der Waals surface area contributed by atoms with Crippen LogP contribution >= 0.6 is 0 Å². The highest BCUT2D eigenvalue weighted by Crippen LogP contribution is 2.22. The van der Waals surface area contributed by atoms with Gasteiger partial charge in [-0.25, -0.2) is 0 Å². The number of aliphatic hydroxyl groups is 1. The van der Waals surface area contributed by atoms with Gasteiger partial charge in [0.25, 0.3) is 0 Å². The van der Waals surface area contributed by atoms with Crippen molar-refractivity contribution in [2.24, 2.45) is 11.8 Å². The van der Waals surface area contributed by atoms with Gasteiger partial charge in [0.2, 0.25) is 0 Å². The second-order valence-corrected chi connectivity index (χ2v) is 3.83. The quantitative estimate of drug-likeness (QED) is 0.628. The molecule has 1 saturated heterocycles. The van der Waals surface area contributed by atoms with Crippen molar-refractivity contribution in [2.75, 3.05) is 20.3 Å². The van der Waals surface area contributed by atoms with Crippen LogP contribution in [0.25, 0.3) is 0 Å². The molecule has 0 saturated carbocycles. The SMILES string of the molecule is CN[C@@H]1COC[C@H](C(C)C)[C@H]1O. The summed E-state index contributed by atoms with van der Waals surface area (Å²) in [5.74, 6) is 0.757. The molecule has 0 radical (unpaired) electrons. The Hall–Kier alpha value is -0.120. The Bertz CT molecular complexity index is 138. The van der Waals surface area contributed by atoms with Gasteiger partial charge in [-0.3, -0.25) is 0 Å². The number of nitrogens with one attached hydrogen (secondary N) is 1. The summed E-state index contributed by atoms with van der Waals surface area (Å²) in [5, 5.41) is 12.9. The number of aliphatic hydroxyl groups excluding tert-OH is 1. The van der Waals surface area contributed by atoms with E-state index in [1.54, 1.807) is 0 Å². The van der Waals surface area contributed by atoms with Crippen molar-refractivity contribution in [3.63, 3.8) is 0 Å². The summed E-state index contributed by atoms with van der Waals surface area (Å²) in [5.41, 5.74) is 0. The molecule has 3 nitrogen and oxygen atoms in total. The second kappa shape index (κ2) is 4.21. The first kappa shape index (κ1) is 9.96. The zero-order valence-electron chi connectivity index (χ0n) is 8.08. The van der Waals surface area contributed by atoms with Gasteiger partial charge >= 0.3 is 0 Å². The van der Waals surface area contributed by atoms with Crippen LogP contribution in [0.15, 0.2) is 0 Å². The maximum atomic E-state index is 9.86. The van der Waals surface area contributed by atoms with Gasteiger partial charge in [0.15, 0.2) is 0 Å². The van der Waals surface area contributed by atoms with Crippen LogP contribution in [0.2, 0.25) is 0 Å². The van der Waals surface area contributed by atoms with Crippen molar-refractivity contribution in [1.82, 2.24) is 5.32 Å². The molecule has 72 valence electrons. The predicted molar refractivity (Wildman–Crippen MR) is 48.0 cm³/mol. The van der Waals surface area contributed by atoms with Crippen molar-refractivity contribution < 1.29 is 9.84 Å². The third kappa shape index (κ3) is 1.97. The molecule has 0 spiro atoms. The van der Waals surface area contributed by atoms with Gasteiger partial charge < -0.3 is 15.2 Å². The van der Waals surface area contributed by atoms with Crippen molar-refractivity contribution >= 4 is 0 Å². The molecule has 1 fully saturated rings. The highest BCUT2D eigenvalue weighted by molar-refractivity contribution is 4.85. The standard InChI is InChI=1S/C9H19NO2/c1-6(2)7-4-12-5-8(10-3)9(7)11/h6-11H,4-5H2,1-3H3/t7-,8-,9-/m1/s1. The first-order chi connectivity index (χ1) is 5.66. The zero-order chi connectivity index (χ0) is 9.14. The van der Waals surface area contributed by atoms with E-state index in [1.807, 2.05) is 7.05 Å². The van der Waals surface area contributed by atoms with E-state index in [0.717, 1.165) is 0 Å². The largest absolute Gasteiger partial charge is 0.391 e. The van der Waals surface area contributed by atoms with E-state index in [2.05, 4.69) is 19.2 Å². The second-order valence-electron chi connectivity index (χ2n) is 3.83. The van der Waals surface area contributed by atoms with Crippen LogP contribution in [0, 0.1) is 11.8 Å². The molecule has 1 aliphatic rings. The minimum Gasteiger partial charge on any atom is -0.391 e. The summed E-state index contributed by atoms with van der Waals surface area (Å²) in [7, 11) is 1.86. The number of rotatable bonds is 2. The fourth-order valence-electron chi connectivity index (χ4n) is 1.67. The van der Waals surface area contributed by atoms with E-state index in [1.165, 1.54) is 0 Å². The van der Waals surface area contributed by atoms with Crippen molar-refractivity contribution in [1.29, 1.82) is 0 Å². The summed E-state index contributed by atoms with van der Waals surface area (Å²) < 4.78 is 5.39. The van der Waals surface area contributed by atoms with Crippen LogP contribution in [0.3, 0.4) is 0 Å². The van der Waals surface area contributed by atoms with Gasteiger partial charge in [-0.1, -0.05) is 13.8 Å². The van der Waals surface area contributed by atoms with E-state index < -0.39 is 0 Å². The highest BCUT2D eigenvalue weighted by Gasteiger charge is 2.33. The summed E-state index contributed by atoms with van der Waals surface area (Å²) in [4.78, 5) is 0. The molecular formula is C9H19NO2. The van der Waals surface area contributed by atoms with Crippen LogP contribution in [-0.4, -0.2) is 37.5 Å². The molecule has 1 heterocycles. The van der Waals surface area contributed by atoms with Crippen LogP contribution in [-0.2, 0) is 4.74 Å². The average molecular weight is 173 g/mol. The molecule has 0 aromatic heterocycles. The van der Waals surface area contributed by atoms with Crippen molar-refractivity contribution in [3.8, 4) is 0 Å². The van der Waals surface area contributed by atoms with E-state index in [9.17, 15) is 5.11 Å². The third-order valence-corrected chi connectivity index (χ3v) is 2.69. The van der Waals surface area contributed by atoms with Gasteiger partial charge in [0, 0.05) is 5.92 Å². The van der Waals surface area contributed by atoms with Gasteiger partial charge in [0.1, 0.15) is 0 Å². The molecule has 0 amide bonds. The van der Waals surface area contributed by atoms with E-state index in [-0.39, 0.29) is 18.1 Å². The molecule has 2 N–H and O–H groups in total. The molecule has 12 heavy (non-hydrogen) atoms. The molecule has 0 aromatic rings. The predicted octanol–water partition coefficient (Wildman–Crippen LogP) is 0.238. The molecule has 1 aliphatic heterocycles. The summed E-state index contributed by atoms with van der Waals surface area (Å²) in [6, 6.07) is 0.103. The Labute approximate surface area is 74.1 Å². The van der Waals surface area contributed by atoms with Crippen molar-refractivity contribution in [2.45, 2.75) is 26.0 Å². The summed E-state index contributed by atoms with van der Waals surface area (Å²) in [6.07, 6.45) is -0.260. The van der Waals surface area contributed by atoms with Crippen LogP contribution in [0.5, 0.6) is 0 Å². The Balaban J connectivity index is 2.53. The fourth-order valence-corrected chi connectivity index (χ4v) is 1.67. The number of ether oxygens (including phenoxy) is 1. The third-order valence-electron chi connectivity index (χ3n) is 2.69. The molecule has 0 aromatic carbocycles. The number of hydrogen-bond donors (Lipinski definition) is 2. The van der Waals surface area contributed by atoms with E-state index >= 15 is 0 Å². The Morgan fingerprint density at radius 1 is 1.42 bits per heavy atom. The minimum absolute atomic E-state index is 0.103. The molecule has 1 rings (SSSR count). The lowest BCUT2D eigenvalue weighted by molar-refractivity contribution is -0.0737. The van der Waals surface area contributed by atoms with E-state index in [4.69, 9.17) is 4.74 Å². The molecule has 0 aliphatic carbocycles. The van der Waals surface area contributed by atoms with Crippen LogP contribution in [0.1, 0.15) is 13.8 Å². The fraction of sp³-hybridized carbons (Fsp3) is 1.00.